The van der Waals surface area contributed by atoms with Crippen LogP contribution in [0.3, 0.4) is 0 Å². The number of quaternary nitrogens is 1. The Kier molecular flexibility index (Phi) is 4.12. The summed E-state index contributed by atoms with van der Waals surface area (Å²) in [6.45, 7) is 5.89. The number of carbonyl (C=O) groups is 1. The molecule has 2 rings (SSSR count). The van der Waals surface area contributed by atoms with E-state index in [2.05, 4.69) is 5.32 Å². The lowest BCUT2D eigenvalue weighted by atomic mass is 10.2. The number of aryl methyl sites for hydroxylation is 1. The van der Waals surface area contributed by atoms with Crippen LogP contribution < -0.4 is 10.2 Å². The molecule has 0 bridgehead atoms. The standard InChI is InChI=1S/C13H18N2O2/c1-11-3-2-4-12(9-11)14-13(16)10-15-5-7-17-8-6-15/h2-4,9H,5-8,10H2,1H3,(H,14,16)/p+1. The average molecular weight is 235 g/mol. The summed E-state index contributed by atoms with van der Waals surface area (Å²) in [5.74, 6) is 0.0764. The van der Waals surface area contributed by atoms with Gasteiger partial charge in [0.05, 0.1) is 13.2 Å². The molecule has 1 amide bonds. The summed E-state index contributed by atoms with van der Waals surface area (Å²) < 4.78 is 5.26. The van der Waals surface area contributed by atoms with E-state index in [-0.39, 0.29) is 5.91 Å². The van der Waals surface area contributed by atoms with Gasteiger partial charge in [0, 0.05) is 5.69 Å². The van der Waals surface area contributed by atoms with Gasteiger partial charge in [-0.1, -0.05) is 12.1 Å². The summed E-state index contributed by atoms with van der Waals surface area (Å²) in [7, 11) is 0. The first-order chi connectivity index (χ1) is 8.24. The van der Waals surface area contributed by atoms with Crippen molar-refractivity contribution < 1.29 is 14.4 Å². The minimum absolute atomic E-state index is 0.0764. The zero-order valence-corrected chi connectivity index (χ0v) is 10.2. The highest BCUT2D eigenvalue weighted by Crippen LogP contribution is 2.08. The van der Waals surface area contributed by atoms with Crippen LogP contribution in [0.4, 0.5) is 5.69 Å². The molecule has 0 saturated carbocycles. The van der Waals surface area contributed by atoms with Gasteiger partial charge in [-0.05, 0) is 24.6 Å². The van der Waals surface area contributed by atoms with Crippen LogP contribution in [0.25, 0.3) is 0 Å². The molecule has 17 heavy (non-hydrogen) atoms. The van der Waals surface area contributed by atoms with Gasteiger partial charge in [0.2, 0.25) is 0 Å². The lowest BCUT2D eigenvalue weighted by Gasteiger charge is -2.23. The topological polar surface area (TPSA) is 42.8 Å². The van der Waals surface area contributed by atoms with Gasteiger partial charge >= 0.3 is 0 Å². The molecular formula is C13H19N2O2+. The molecule has 1 aliphatic heterocycles. The molecule has 92 valence electrons. The summed E-state index contributed by atoms with van der Waals surface area (Å²) in [4.78, 5) is 13.1. The van der Waals surface area contributed by atoms with E-state index in [1.165, 1.54) is 4.90 Å². The van der Waals surface area contributed by atoms with Crippen molar-refractivity contribution in [3.63, 3.8) is 0 Å². The predicted molar refractivity (Wildman–Crippen MR) is 66.2 cm³/mol. The first kappa shape index (κ1) is 12.1. The van der Waals surface area contributed by atoms with E-state index >= 15 is 0 Å². The summed E-state index contributed by atoms with van der Waals surface area (Å²) >= 11 is 0. The number of benzene rings is 1. The van der Waals surface area contributed by atoms with E-state index in [0.717, 1.165) is 37.6 Å². The van der Waals surface area contributed by atoms with E-state index in [1.54, 1.807) is 0 Å². The lowest BCUT2D eigenvalue weighted by Crippen LogP contribution is -3.15. The zero-order valence-electron chi connectivity index (χ0n) is 10.2. The molecule has 2 N–H and O–H groups in total. The number of carbonyl (C=O) groups excluding carboxylic acids is 1. The second-order valence-electron chi connectivity index (χ2n) is 4.46. The lowest BCUT2D eigenvalue weighted by molar-refractivity contribution is -0.899. The van der Waals surface area contributed by atoms with E-state index in [0.29, 0.717) is 6.54 Å². The Labute approximate surface area is 102 Å². The van der Waals surface area contributed by atoms with Gasteiger partial charge in [0.25, 0.3) is 5.91 Å². The van der Waals surface area contributed by atoms with E-state index in [4.69, 9.17) is 4.74 Å². The summed E-state index contributed by atoms with van der Waals surface area (Å²) in [5.41, 5.74) is 2.03. The van der Waals surface area contributed by atoms with Crippen LogP contribution in [0.1, 0.15) is 5.56 Å². The van der Waals surface area contributed by atoms with E-state index in [1.807, 2.05) is 31.2 Å². The highest BCUT2D eigenvalue weighted by atomic mass is 16.5. The molecule has 1 aromatic rings. The molecule has 0 unspecified atom stereocenters. The van der Waals surface area contributed by atoms with Gasteiger partial charge in [-0.15, -0.1) is 0 Å². The fourth-order valence-electron chi connectivity index (χ4n) is 1.99. The zero-order chi connectivity index (χ0) is 12.1. The Morgan fingerprint density at radius 2 is 2.18 bits per heavy atom. The number of ether oxygens (including phenoxy) is 1. The largest absolute Gasteiger partial charge is 0.370 e. The van der Waals surface area contributed by atoms with Crippen LogP contribution in [0.15, 0.2) is 24.3 Å². The number of rotatable bonds is 3. The van der Waals surface area contributed by atoms with Gasteiger partial charge in [0.1, 0.15) is 13.1 Å². The SMILES string of the molecule is Cc1cccc(NC(=O)C[NH+]2CCOCC2)c1. The Bertz CT molecular complexity index is 387. The predicted octanol–water partition coefficient (Wildman–Crippen LogP) is -0.151. The molecule has 0 aliphatic carbocycles. The minimum Gasteiger partial charge on any atom is -0.370 e. The molecule has 1 saturated heterocycles. The van der Waals surface area contributed by atoms with Crippen molar-refractivity contribution >= 4 is 11.6 Å². The maximum atomic E-state index is 11.8. The van der Waals surface area contributed by atoms with Gasteiger partial charge in [-0.3, -0.25) is 4.79 Å². The number of hydrogen-bond acceptors (Lipinski definition) is 2. The van der Waals surface area contributed by atoms with Crippen molar-refractivity contribution in [3.05, 3.63) is 29.8 Å². The molecule has 1 aliphatic rings. The Morgan fingerprint density at radius 1 is 1.41 bits per heavy atom. The monoisotopic (exact) mass is 235 g/mol. The van der Waals surface area contributed by atoms with Crippen molar-refractivity contribution in [1.82, 2.24) is 0 Å². The van der Waals surface area contributed by atoms with E-state index in [9.17, 15) is 4.79 Å². The first-order valence-electron chi connectivity index (χ1n) is 6.02. The second-order valence-corrected chi connectivity index (χ2v) is 4.46. The third-order valence-electron chi connectivity index (χ3n) is 2.91. The highest BCUT2D eigenvalue weighted by Gasteiger charge is 2.17. The summed E-state index contributed by atoms with van der Waals surface area (Å²) in [5, 5.41) is 2.93. The second kappa shape index (κ2) is 5.80. The van der Waals surface area contributed by atoms with Crippen molar-refractivity contribution in [2.24, 2.45) is 0 Å². The van der Waals surface area contributed by atoms with Crippen LogP contribution >= 0.6 is 0 Å². The minimum atomic E-state index is 0.0764. The number of hydrogen-bond donors (Lipinski definition) is 2. The molecule has 1 aromatic carbocycles. The van der Waals surface area contributed by atoms with Crippen LogP contribution in [-0.4, -0.2) is 38.8 Å². The highest BCUT2D eigenvalue weighted by molar-refractivity contribution is 5.91. The molecule has 4 nitrogen and oxygen atoms in total. The summed E-state index contributed by atoms with van der Waals surface area (Å²) in [6, 6.07) is 7.86. The van der Waals surface area contributed by atoms with Crippen LogP contribution in [0, 0.1) is 6.92 Å². The molecule has 0 aromatic heterocycles. The number of anilines is 1. The number of nitrogens with one attached hydrogen (secondary N) is 2. The normalized spacial score (nSPS) is 16.8. The molecule has 1 heterocycles. The van der Waals surface area contributed by atoms with Crippen LogP contribution in [-0.2, 0) is 9.53 Å². The Balaban J connectivity index is 1.84. The maximum Gasteiger partial charge on any atom is 0.279 e. The summed E-state index contributed by atoms with van der Waals surface area (Å²) in [6.07, 6.45) is 0. The van der Waals surface area contributed by atoms with Gasteiger partial charge in [-0.25, -0.2) is 0 Å². The van der Waals surface area contributed by atoms with Gasteiger partial charge < -0.3 is 15.0 Å². The average Bonchev–Trinajstić information content (AvgIpc) is 2.30. The number of amides is 1. The smallest absolute Gasteiger partial charge is 0.279 e. The van der Waals surface area contributed by atoms with Gasteiger partial charge in [0.15, 0.2) is 6.54 Å². The Morgan fingerprint density at radius 3 is 2.88 bits per heavy atom. The first-order valence-corrected chi connectivity index (χ1v) is 6.02. The van der Waals surface area contributed by atoms with Crippen molar-refractivity contribution in [1.29, 1.82) is 0 Å². The fourth-order valence-corrected chi connectivity index (χ4v) is 1.99. The molecule has 0 radical (unpaired) electrons. The molecular weight excluding hydrogens is 216 g/mol. The molecule has 0 spiro atoms. The van der Waals surface area contributed by atoms with Crippen molar-refractivity contribution in [2.45, 2.75) is 6.92 Å². The van der Waals surface area contributed by atoms with Crippen LogP contribution in [0.2, 0.25) is 0 Å². The number of morpholine rings is 1. The van der Waals surface area contributed by atoms with Crippen molar-refractivity contribution in [2.75, 3.05) is 38.2 Å². The third-order valence-corrected chi connectivity index (χ3v) is 2.91. The fraction of sp³-hybridized carbons (Fsp3) is 0.462. The maximum absolute atomic E-state index is 11.8. The van der Waals surface area contributed by atoms with E-state index < -0.39 is 0 Å². The molecule has 0 atom stereocenters. The van der Waals surface area contributed by atoms with Gasteiger partial charge in [-0.2, -0.15) is 0 Å². The molecule has 1 fully saturated rings. The molecule has 4 heteroatoms. The Hall–Kier alpha value is -1.39. The van der Waals surface area contributed by atoms with Crippen molar-refractivity contribution in [3.8, 4) is 0 Å². The quantitative estimate of drug-likeness (QED) is 0.765. The van der Waals surface area contributed by atoms with Crippen LogP contribution in [0.5, 0.6) is 0 Å². The third kappa shape index (κ3) is 3.84.